The summed E-state index contributed by atoms with van der Waals surface area (Å²) >= 11 is 6.08. The van der Waals surface area contributed by atoms with Crippen LogP contribution in [0.4, 0.5) is 5.69 Å². The van der Waals surface area contributed by atoms with Gasteiger partial charge < -0.3 is 20.1 Å². The summed E-state index contributed by atoms with van der Waals surface area (Å²) < 4.78 is 10.7. The van der Waals surface area contributed by atoms with Crippen molar-refractivity contribution in [3.05, 3.63) is 58.6 Å². The Morgan fingerprint density at radius 2 is 1.83 bits per heavy atom. The number of morpholine rings is 1. The van der Waals surface area contributed by atoms with Crippen molar-refractivity contribution in [3.8, 4) is 5.75 Å². The molecule has 3 rings (SSSR count). The molecule has 2 aromatic rings. The number of benzene rings is 2. The molecule has 0 saturated carbocycles. The molecule has 7 nitrogen and oxygen atoms in total. The number of carbonyl (C=O) groups is 2. The molecule has 0 aromatic heterocycles. The lowest BCUT2D eigenvalue weighted by Gasteiger charge is -2.34. The number of anilines is 1. The average molecular weight is 432 g/mol. The Labute approximate surface area is 181 Å². The topological polar surface area (TPSA) is 79.9 Å². The average Bonchev–Trinajstić information content (AvgIpc) is 2.77. The van der Waals surface area contributed by atoms with Crippen molar-refractivity contribution in [1.82, 2.24) is 10.2 Å². The van der Waals surface area contributed by atoms with Crippen LogP contribution >= 0.6 is 11.6 Å². The molecule has 2 aromatic carbocycles. The van der Waals surface area contributed by atoms with Crippen LogP contribution in [0.1, 0.15) is 17.2 Å². The zero-order valence-corrected chi connectivity index (χ0v) is 17.9. The van der Waals surface area contributed by atoms with E-state index in [0.717, 1.165) is 30.0 Å². The second-order valence-electron chi connectivity index (χ2n) is 7.07. The SMILES string of the molecule is COc1ccc([C@H](CNC(=O)C(=O)Nc2ccc(C)c(Cl)c2)N2CCOCC2)cc1. The van der Waals surface area contributed by atoms with Gasteiger partial charge in [-0.05, 0) is 42.3 Å². The zero-order chi connectivity index (χ0) is 21.5. The third kappa shape index (κ3) is 5.72. The van der Waals surface area contributed by atoms with Crippen molar-refractivity contribution in [2.75, 3.05) is 45.3 Å². The molecule has 160 valence electrons. The van der Waals surface area contributed by atoms with Gasteiger partial charge in [0, 0.05) is 30.3 Å². The van der Waals surface area contributed by atoms with E-state index in [1.807, 2.05) is 31.2 Å². The molecule has 1 aliphatic heterocycles. The number of amides is 2. The molecule has 0 spiro atoms. The molecule has 2 N–H and O–H groups in total. The van der Waals surface area contributed by atoms with E-state index in [9.17, 15) is 9.59 Å². The lowest BCUT2D eigenvalue weighted by Crippen LogP contribution is -2.45. The monoisotopic (exact) mass is 431 g/mol. The number of aryl methyl sites for hydroxylation is 1. The van der Waals surface area contributed by atoms with Gasteiger partial charge in [-0.25, -0.2) is 0 Å². The Kier molecular flexibility index (Phi) is 7.68. The standard InChI is InChI=1S/C22H26ClN3O4/c1-15-3-6-17(13-19(15)23)25-22(28)21(27)24-14-20(26-9-11-30-12-10-26)16-4-7-18(29-2)8-5-16/h3-8,13,20H,9-12,14H2,1-2H3,(H,24,27)(H,25,28)/t20-/m0/s1. The van der Waals surface area contributed by atoms with Gasteiger partial charge in [0.1, 0.15) is 5.75 Å². The van der Waals surface area contributed by atoms with Gasteiger partial charge in [0.2, 0.25) is 0 Å². The molecule has 2 amide bonds. The highest BCUT2D eigenvalue weighted by Gasteiger charge is 2.24. The van der Waals surface area contributed by atoms with Crippen LogP contribution in [-0.4, -0.2) is 56.7 Å². The smallest absolute Gasteiger partial charge is 0.313 e. The molecule has 1 atom stereocenters. The molecule has 0 aliphatic carbocycles. The molecule has 1 fully saturated rings. The number of carbonyl (C=O) groups excluding carboxylic acids is 2. The third-order valence-corrected chi connectivity index (χ3v) is 5.49. The fraction of sp³-hybridized carbons (Fsp3) is 0.364. The number of hydrogen-bond acceptors (Lipinski definition) is 5. The van der Waals surface area contributed by atoms with E-state index in [1.54, 1.807) is 25.3 Å². The predicted octanol–water partition coefficient (Wildman–Crippen LogP) is 2.79. The lowest BCUT2D eigenvalue weighted by molar-refractivity contribution is -0.136. The zero-order valence-electron chi connectivity index (χ0n) is 17.1. The molecule has 8 heteroatoms. The maximum Gasteiger partial charge on any atom is 0.313 e. The maximum atomic E-state index is 12.4. The minimum absolute atomic E-state index is 0.0784. The minimum Gasteiger partial charge on any atom is -0.497 e. The molecule has 0 unspecified atom stereocenters. The van der Waals surface area contributed by atoms with Crippen LogP contribution in [0, 0.1) is 6.92 Å². The fourth-order valence-corrected chi connectivity index (χ4v) is 3.48. The van der Waals surface area contributed by atoms with Gasteiger partial charge in [-0.15, -0.1) is 0 Å². The molecule has 1 aliphatic rings. The first-order chi connectivity index (χ1) is 14.5. The summed E-state index contributed by atoms with van der Waals surface area (Å²) in [4.78, 5) is 26.9. The van der Waals surface area contributed by atoms with Gasteiger partial charge >= 0.3 is 11.8 Å². The second-order valence-corrected chi connectivity index (χ2v) is 7.47. The number of ether oxygens (including phenoxy) is 2. The van der Waals surface area contributed by atoms with Crippen LogP contribution < -0.4 is 15.4 Å². The number of rotatable bonds is 6. The largest absolute Gasteiger partial charge is 0.497 e. The number of nitrogens with zero attached hydrogens (tertiary/aromatic N) is 1. The number of halogens is 1. The van der Waals surface area contributed by atoms with Gasteiger partial charge in [0.05, 0.1) is 26.4 Å². The summed E-state index contributed by atoms with van der Waals surface area (Å²) in [6.07, 6.45) is 0. The number of methoxy groups -OCH3 is 1. The first-order valence-corrected chi connectivity index (χ1v) is 10.2. The molecule has 1 heterocycles. The maximum absolute atomic E-state index is 12.4. The van der Waals surface area contributed by atoms with E-state index in [0.29, 0.717) is 30.5 Å². The Morgan fingerprint density at radius 3 is 2.47 bits per heavy atom. The normalized spacial score (nSPS) is 15.3. The van der Waals surface area contributed by atoms with Gasteiger partial charge in [0.25, 0.3) is 0 Å². The van der Waals surface area contributed by atoms with Crippen molar-refractivity contribution < 1.29 is 19.1 Å². The van der Waals surface area contributed by atoms with Crippen molar-refractivity contribution in [2.45, 2.75) is 13.0 Å². The van der Waals surface area contributed by atoms with Crippen LogP contribution in [-0.2, 0) is 14.3 Å². The van der Waals surface area contributed by atoms with Crippen LogP contribution in [0.2, 0.25) is 5.02 Å². The van der Waals surface area contributed by atoms with Crippen LogP contribution in [0.15, 0.2) is 42.5 Å². The molecular weight excluding hydrogens is 406 g/mol. The predicted molar refractivity (Wildman–Crippen MR) is 116 cm³/mol. The summed E-state index contributed by atoms with van der Waals surface area (Å²) in [6, 6.07) is 12.8. The summed E-state index contributed by atoms with van der Waals surface area (Å²) in [6.45, 7) is 4.94. The quantitative estimate of drug-likeness (QED) is 0.687. The molecule has 0 radical (unpaired) electrons. The Morgan fingerprint density at radius 1 is 1.13 bits per heavy atom. The minimum atomic E-state index is -0.731. The van der Waals surface area contributed by atoms with Crippen LogP contribution in [0.5, 0.6) is 5.75 Å². The van der Waals surface area contributed by atoms with E-state index in [-0.39, 0.29) is 6.04 Å². The Balaban J connectivity index is 1.65. The van der Waals surface area contributed by atoms with Gasteiger partial charge in [-0.3, -0.25) is 14.5 Å². The van der Waals surface area contributed by atoms with Crippen molar-refractivity contribution in [2.24, 2.45) is 0 Å². The molecule has 0 bridgehead atoms. The van der Waals surface area contributed by atoms with E-state index >= 15 is 0 Å². The van der Waals surface area contributed by atoms with Crippen molar-refractivity contribution in [1.29, 1.82) is 0 Å². The summed E-state index contributed by atoms with van der Waals surface area (Å²) in [5, 5.41) is 5.87. The summed E-state index contributed by atoms with van der Waals surface area (Å²) in [5.41, 5.74) is 2.40. The van der Waals surface area contributed by atoms with Gasteiger partial charge in [0.15, 0.2) is 0 Å². The van der Waals surface area contributed by atoms with Gasteiger partial charge in [-0.1, -0.05) is 29.8 Å². The van der Waals surface area contributed by atoms with E-state index < -0.39 is 11.8 Å². The molecule has 30 heavy (non-hydrogen) atoms. The number of nitrogens with one attached hydrogen (secondary N) is 2. The number of hydrogen-bond donors (Lipinski definition) is 2. The highest BCUT2D eigenvalue weighted by atomic mass is 35.5. The van der Waals surface area contributed by atoms with E-state index in [2.05, 4.69) is 15.5 Å². The van der Waals surface area contributed by atoms with Crippen LogP contribution in [0.25, 0.3) is 0 Å². The second kappa shape index (κ2) is 10.4. The molecule has 1 saturated heterocycles. The highest BCUT2D eigenvalue weighted by molar-refractivity contribution is 6.39. The summed E-state index contributed by atoms with van der Waals surface area (Å²) in [5.74, 6) is -0.663. The summed E-state index contributed by atoms with van der Waals surface area (Å²) in [7, 11) is 1.62. The fourth-order valence-electron chi connectivity index (χ4n) is 3.30. The first-order valence-electron chi connectivity index (χ1n) is 9.79. The van der Waals surface area contributed by atoms with Crippen molar-refractivity contribution in [3.63, 3.8) is 0 Å². The van der Waals surface area contributed by atoms with E-state index in [4.69, 9.17) is 21.1 Å². The van der Waals surface area contributed by atoms with E-state index in [1.165, 1.54) is 0 Å². The van der Waals surface area contributed by atoms with Crippen LogP contribution in [0.3, 0.4) is 0 Å². The third-order valence-electron chi connectivity index (χ3n) is 5.08. The van der Waals surface area contributed by atoms with Crippen molar-refractivity contribution >= 4 is 29.1 Å². The highest BCUT2D eigenvalue weighted by Crippen LogP contribution is 2.24. The van der Waals surface area contributed by atoms with Gasteiger partial charge in [-0.2, -0.15) is 0 Å². The lowest BCUT2D eigenvalue weighted by atomic mass is 10.0. The Bertz CT molecular complexity index is 882. The first kappa shape index (κ1) is 22.1. The Hall–Kier alpha value is -2.61. The molecular formula is C22H26ClN3O4.